The van der Waals surface area contributed by atoms with Gasteiger partial charge in [0, 0.05) is 5.56 Å². The van der Waals surface area contributed by atoms with Crippen molar-refractivity contribution >= 4 is 45.7 Å². The smallest absolute Gasteiger partial charge is 0.257 e. The van der Waals surface area contributed by atoms with Crippen LogP contribution < -0.4 is 24.8 Å². The van der Waals surface area contributed by atoms with Crippen molar-refractivity contribution in [3.8, 4) is 17.2 Å². The minimum absolute atomic E-state index is 0.00376. The van der Waals surface area contributed by atoms with Crippen molar-refractivity contribution in [2.24, 2.45) is 0 Å². The van der Waals surface area contributed by atoms with Crippen LogP contribution in [0.1, 0.15) is 10.4 Å². The topological polar surface area (TPSA) is 112 Å². The van der Waals surface area contributed by atoms with Crippen LogP contribution in [-0.2, 0) is 4.79 Å². The monoisotopic (exact) mass is 478 g/mol. The van der Waals surface area contributed by atoms with Crippen molar-refractivity contribution in [2.75, 3.05) is 37.7 Å². The lowest BCUT2D eigenvalue weighted by Gasteiger charge is -2.13. The molecule has 0 aliphatic rings. The van der Waals surface area contributed by atoms with Gasteiger partial charge in [0.15, 0.2) is 15.8 Å². The van der Waals surface area contributed by atoms with Crippen LogP contribution in [0.5, 0.6) is 17.2 Å². The van der Waals surface area contributed by atoms with Gasteiger partial charge in [-0.05, 0) is 24.3 Å². The summed E-state index contributed by atoms with van der Waals surface area (Å²) in [6, 6.07) is 8.92. The molecule has 32 heavy (non-hydrogen) atoms. The Bertz CT molecular complexity index is 1100. The first-order valence-electron chi connectivity index (χ1n) is 9.07. The maximum absolute atomic E-state index is 13.6. The fourth-order valence-electron chi connectivity index (χ4n) is 2.58. The summed E-state index contributed by atoms with van der Waals surface area (Å²) in [5.41, 5.74) is 0.377. The van der Waals surface area contributed by atoms with Gasteiger partial charge in [0.25, 0.3) is 5.91 Å². The third-order valence-electron chi connectivity index (χ3n) is 4.03. The molecule has 3 aromatic rings. The summed E-state index contributed by atoms with van der Waals surface area (Å²) < 4.78 is 29.8. The van der Waals surface area contributed by atoms with E-state index < -0.39 is 17.6 Å². The first-order chi connectivity index (χ1) is 15.4. The van der Waals surface area contributed by atoms with Crippen LogP contribution in [0, 0.1) is 5.82 Å². The summed E-state index contributed by atoms with van der Waals surface area (Å²) >= 11 is 2.22. The number of methoxy groups -OCH3 is 3. The molecule has 0 saturated heterocycles. The SMILES string of the molecule is COc1cc(C(=O)Nc2nnc(SCC(=O)Nc3ccccc3F)s2)cc(OC)c1OC. The molecule has 1 heterocycles. The summed E-state index contributed by atoms with van der Waals surface area (Å²) in [5.74, 6) is -0.303. The standard InChI is InChI=1S/C20H19FN4O5S2/c1-28-14-8-11(9-15(29-2)17(14)30-3)18(27)23-19-24-25-20(32-19)31-10-16(26)22-13-7-5-4-6-12(13)21/h4-9H,10H2,1-3H3,(H,22,26)(H,23,24,27). The molecule has 2 amide bonds. The molecule has 2 aromatic carbocycles. The van der Waals surface area contributed by atoms with E-state index >= 15 is 0 Å². The van der Waals surface area contributed by atoms with Crippen molar-refractivity contribution in [2.45, 2.75) is 4.34 Å². The number of aromatic nitrogens is 2. The quantitative estimate of drug-likeness (QED) is 0.354. The first-order valence-corrected chi connectivity index (χ1v) is 10.9. The number of rotatable bonds is 9. The second-order valence-corrected chi connectivity index (χ2v) is 8.26. The number of carbonyl (C=O) groups is 2. The Morgan fingerprint density at radius 2 is 1.72 bits per heavy atom. The molecule has 0 aliphatic carbocycles. The Labute approximate surface area is 191 Å². The third kappa shape index (κ3) is 5.65. The number of ether oxygens (including phenoxy) is 3. The van der Waals surface area contributed by atoms with Gasteiger partial charge < -0.3 is 19.5 Å². The van der Waals surface area contributed by atoms with Crippen molar-refractivity contribution in [1.29, 1.82) is 0 Å². The van der Waals surface area contributed by atoms with Crippen molar-refractivity contribution in [3.05, 3.63) is 47.8 Å². The lowest BCUT2D eigenvalue weighted by atomic mass is 10.1. The summed E-state index contributed by atoms with van der Waals surface area (Å²) in [4.78, 5) is 24.7. The molecule has 2 N–H and O–H groups in total. The number of amides is 2. The Kier molecular flexibility index (Phi) is 7.84. The maximum atomic E-state index is 13.6. The molecule has 9 nitrogen and oxygen atoms in total. The van der Waals surface area contributed by atoms with Crippen LogP contribution in [0.4, 0.5) is 15.2 Å². The number of hydrogen-bond acceptors (Lipinski definition) is 9. The van der Waals surface area contributed by atoms with Gasteiger partial charge in [-0.3, -0.25) is 14.9 Å². The van der Waals surface area contributed by atoms with E-state index in [0.29, 0.717) is 21.6 Å². The normalized spacial score (nSPS) is 10.4. The lowest BCUT2D eigenvalue weighted by molar-refractivity contribution is -0.113. The zero-order valence-corrected chi connectivity index (χ0v) is 18.9. The molecule has 0 saturated carbocycles. The summed E-state index contributed by atoms with van der Waals surface area (Å²) in [5, 5.41) is 13.2. The largest absolute Gasteiger partial charge is 0.493 e. The molecule has 0 bridgehead atoms. The Hall–Kier alpha value is -3.38. The number of nitrogens with zero attached hydrogens (tertiary/aromatic N) is 2. The van der Waals surface area contributed by atoms with Gasteiger partial charge in [-0.2, -0.15) is 0 Å². The molecule has 12 heteroatoms. The van der Waals surface area contributed by atoms with Crippen LogP contribution in [0.25, 0.3) is 0 Å². The number of thioether (sulfide) groups is 1. The predicted octanol–water partition coefficient (Wildman–Crippen LogP) is 3.69. The number of para-hydroxylation sites is 1. The molecular formula is C20H19FN4O5S2. The summed E-state index contributed by atoms with van der Waals surface area (Å²) in [6.07, 6.45) is 0. The first kappa shape index (κ1) is 23.3. The van der Waals surface area contributed by atoms with E-state index in [1.54, 1.807) is 6.07 Å². The van der Waals surface area contributed by atoms with Crippen molar-refractivity contribution in [3.63, 3.8) is 0 Å². The molecule has 0 fully saturated rings. The molecule has 0 atom stereocenters. The predicted molar refractivity (Wildman–Crippen MR) is 120 cm³/mol. The average Bonchev–Trinajstić information content (AvgIpc) is 3.25. The highest BCUT2D eigenvalue weighted by Gasteiger charge is 2.18. The van der Waals surface area contributed by atoms with Gasteiger partial charge in [0.1, 0.15) is 5.82 Å². The number of carbonyl (C=O) groups excluding carboxylic acids is 2. The summed E-state index contributed by atoms with van der Waals surface area (Å²) in [7, 11) is 4.38. The number of benzene rings is 2. The fraction of sp³-hybridized carbons (Fsp3) is 0.200. The number of halogens is 1. The molecule has 0 unspecified atom stereocenters. The molecule has 168 valence electrons. The number of hydrogen-bond donors (Lipinski definition) is 2. The van der Waals surface area contributed by atoms with Gasteiger partial charge in [0.05, 0.1) is 32.8 Å². The Morgan fingerprint density at radius 1 is 1.03 bits per heavy atom. The van der Waals surface area contributed by atoms with E-state index in [4.69, 9.17) is 14.2 Å². The van der Waals surface area contributed by atoms with E-state index in [0.717, 1.165) is 23.1 Å². The second-order valence-electron chi connectivity index (χ2n) is 6.06. The van der Waals surface area contributed by atoms with Gasteiger partial charge in [-0.25, -0.2) is 4.39 Å². The van der Waals surface area contributed by atoms with E-state index in [9.17, 15) is 14.0 Å². The molecule has 0 aliphatic heterocycles. The third-order valence-corrected chi connectivity index (χ3v) is 6.00. The average molecular weight is 479 g/mol. The van der Waals surface area contributed by atoms with Crippen molar-refractivity contribution in [1.82, 2.24) is 10.2 Å². The van der Waals surface area contributed by atoms with Gasteiger partial charge in [-0.15, -0.1) is 10.2 Å². The van der Waals surface area contributed by atoms with Crippen LogP contribution in [-0.4, -0.2) is 49.1 Å². The van der Waals surface area contributed by atoms with E-state index in [1.807, 2.05) is 0 Å². The fourth-order valence-corrected chi connectivity index (χ4v) is 4.12. The molecule has 3 rings (SSSR count). The lowest BCUT2D eigenvalue weighted by Crippen LogP contribution is -2.14. The zero-order valence-electron chi connectivity index (χ0n) is 17.3. The number of nitrogens with one attached hydrogen (secondary N) is 2. The summed E-state index contributed by atoms with van der Waals surface area (Å²) in [6.45, 7) is 0. The maximum Gasteiger partial charge on any atom is 0.257 e. The van der Waals surface area contributed by atoms with Crippen LogP contribution in [0.3, 0.4) is 0 Å². The van der Waals surface area contributed by atoms with Crippen molar-refractivity contribution < 1.29 is 28.2 Å². The minimum Gasteiger partial charge on any atom is -0.493 e. The minimum atomic E-state index is -0.515. The van der Waals surface area contributed by atoms with Gasteiger partial charge >= 0.3 is 0 Å². The molecule has 1 aromatic heterocycles. The highest BCUT2D eigenvalue weighted by molar-refractivity contribution is 8.01. The molecule has 0 radical (unpaired) electrons. The molecular weight excluding hydrogens is 459 g/mol. The highest BCUT2D eigenvalue weighted by atomic mass is 32.2. The zero-order chi connectivity index (χ0) is 23.1. The van der Waals surface area contributed by atoms with E-state index in [1.165, 1.54) is 51.7 Å². The van der Waals surface area contributed by atoms with Gasteiger partial charge in [0.2, 0.25) is 16.8 Å². The molecule has 0 spiro atoms. The van der Waals surface area contributed by atoms with Crippen LogP contribution in [0.2, 0.25) is 0 Å². The van der Waals surface area contributed by atoms with Gasteiger partial charge in [-0.1, -0.05) is 35.2 Å². The van der Waals surface area contributed by atoms with E-state index in [-0.39, 0.29) is 22.1 Å². The van der Waals surface area contributed by atoms with Crippen LogP contribution in [0.15, 0.2) is 40.7 Å². The number of anilines is 2. The Morgan fingerprint density at radius 3 is 2.34 bits per heavy atom. The van der Waals surface area contributed by atoms with E-state index in [2.05, 4.69) is 20.8 Å². The highest BCUT2D eigenvalue weighted by Crippen LogP contribution is 2.38. The van der Waals surface area contributed by atoms with Crippen LogP contribution >= 0.6 is 23.1 Å². The Balaban J connectivity index is 1.61. The second kappa shape index (κ2) is 10.8.